The van der Waals surface area contributed by atoms with Crippen molar-refractivity contribution < 1.29 is 4.39 Å². The zero-order chi connectivity index (χ0) is 11.3. The molecule has 0 radical (unpaired) electrons. The molecule has 0 unspecified atom stereocenters. The summed E-state index contributed by atoms with van der Waals surface area (Å²) >= 11 is 11.5. The molecule has 0 bridgehead atoms. The van der Waals surface area contributed by atoms with Crippen molar-refractivity contribution >= 4 is 23.2 Å². The van der Waals surface area contributed by atoms with Crippen LogP contribution in [0.2, 0.25) is 5.02 Å². The molecule has 0 aliphatic heterocycles. The lowest BCUT2D eigenvalue weighted by Crippen LogP contribution is -1.93. The summed E-state index contributed by atoms with van der Waals surface area (Å²) in [6.07, 6.45) is 3.36. The highest BCUT2D eigenvalue weighted by atomic mass is 35.5. The second-order valence-electron chi connectivity index (χ2n) is 3.41. The molecule has 15 heavy (non-hydrogen) atoms. The van der Waals surface area contributed by atoms with Gasteiger partial charge in [-0.05, 0) is 31.9 Å². The van der Waals surface area contributed by atoms with E-state index in [0.717, 1.165) is 12.0 Å². The maximum Gasteiger partial charge on any atom is 0.128 e. The van der Waals surface area contributed by atoms with Crippen molar-refractivity contribution in [3.05, 3.63) is 46.3 Å². The van der Waals surface area contributed by atoms with Gasteiger partial charge in [-0.25, -0.2) is 4.39 Å². The van der Waals surface area contributed by atoms with Crippen LogP contribution in [0.15, 0.2) is 29.8 Å². The van der Waals surface area contributed by atoms with Crippen LogP contribution >= 0.6 is 23.2 Å². The molecule has 1 aromatic rings. The van der Waals surface area contributed by atoms with E-state index in [2.05, 4.69) is 0 Å². The third-order valence-electron chi connectivity index (χ3n) is 2.12. The Balaban J connectivity index is 2.80. The van der Waals surface area contributed by atoms with Crippen LogP contribution in [0.4, 0.5) is 4.39 Å². The van der Waals surface area contributed by atoms with Gasteiger partial charge in [0, 0.05) is 16.5 Å². The van der Waals surface area contributed by atoms with Crippen molar-refractivity contribution in [2.24, 2.45) is 0 Å². The van der Waals surface area contributed by atoms with Crippen LogP contribution < -0.4 is 0 Å². The normalized spacial score (nSPS) is 11.9. The monoisotopic (exact) mass is 246 g/mol. The molecule has 0 saturated carbocycles. The molecule has 0 heterocycles. The van der Waals surface area contributed by atoms with Crippen LogP contribution in [-0.4, -0.2) is 5.88 Å². The maximum absolute atomic E-state index is 13.4. The molecule has 0 atom stereocenters. The first-order valence-corrected chi connectivity index (χ1v) is 5.71. The minimum absolute atomic E-state index is 0.249. The Morgan fingerprint density at radius 3 is 2.80 bits per heavy atom. The van der Waals surface area contributed by atoms with E-state index < -0.39 is 0 Å². The minimum atomic E-state index is -0.249. The highest BCUT2D eigenvalue weighted by Crippen LogP contribution is 2.22. The van der Waals surface area contributed by atoms with E-state index in [4.69, 9.17) is 23.2 Å². The lowest BCUT2D eigenvalue weighted by molar-refractivity contribution is 0.613. The van der Waals surface area contributed by atoms with E-state index in [9.17, 15) is 4.39 Å². The van der Waals surface area contributed by atoms with Crippen LogP contribution in [0.1, 0.15) is 18.9 Å². The Morgan fingerprint density at radius 1 is 1.47 bits per heavy atom. The molecule has 0 amide bonds. The van der Waals surface area contributed by atoms with Crippen molar-refractivity contribution in [2.45, 2.75) is 19.8 Å². The Morgan fingerprint density at radius 2 is 2.20 bits per heavy atom. The molecule has 0 aromatic heterocycles. The summed E-state index contributed by atoms with van der Waals surface area (Å²) in [5.74, 6) is 0.337. The van der Waals surface area contributed by atoms with Crippen LogP contribution in [-0.2, 0) is 6.42 Å². The van der Waals surface area contributed by atoms with Gasteiger partial charge in [0.25, 0.3) is 0 Å². The van der Waals surface area contributed by atoms with Gasteiger partial charge in [-0.2, -0.15) is 0 Å². The van der Waals surface area contributed by atoms with Crippen molar-refractivity contribution in [3.8, 4) is 0 Å². The number of alkyl halides is 1. The number of halogens is 3. The Kier molecular flexibility index (Phi) is 5.13. The fourth-order valence-electron chi connectivity index (χ4n) is 1.35. The first-order chi connectivity index (χ1) is 7.15. The first-order valence-electron chi connectivity index (χ1n) is 4.79. The average Bonchev–Trinajstić information content (AvgIpc) is 2.21. The molecular formula is C12H13Cl2F. The predicted molar refractivity (Wildman–Crippen MR) is 64.2 cm³/mol. The fourth-order valence-corrected chi connectivity index (χ4v) is 1.69. The van der Waals surface area contributed by atoms with E-state index in [1.54, 1.807) is 12.1 Å². The molecule has 0 nitrogen and oxygen atoms in total. The SMILES string of the molecule is CC(=CCCCl)Cc1c(F)cccc1Cl. The van der Waals surface area contributed by atoms with Gasteiger partial charge in [0.15, 0.2) is 0 Å². The third-order valence-corrected chi connectivity index (χ3v) is 2.69. The molecule has 1 rings (SSSR count). The zero-order valence-electron chi connectivity index (χ0n) is 8.56. The van der Waals surface area contributed by atoms with Crippen molar-refractivity contribution in [1.82, 2.24) is 0 Å². The minimum Gasteiger partial charge on any atom is -0.207 e. The fraction of sp³-hybridized carbons (Fsp3) is 0.333. The molecule has 0 saturated heterocycles. The molecule has 0 spiro atoms. The molecule has 0 aliphatic rings. The van der Waals surface area contributed by atoms with E-state index in [-0.39, 0.29) is 5.82 Å². The van der Waals surface area contributed by atoms with Gasteiger partial charge in [-0.3, -0.25) is 0 Å². The summed E-state index contributed by atoms with van der Waals surface area (Å²) in [4.78, 5) is 0. The van der Waals surface area contributed by atoms with E-state index in [1.165, 1.54) is 6.07 Å². The largest absolute Gasteiger partial charge is 0.207 e. The second-order valence-corrected chi connectivity index (χ2v) is 4.19. The highest BCUT2D eigenvalue weighted by Gasteiger charge is 2.06. The zero-order valence-corrected chi connectivity index (χ0v) is 10.1. The first kappa shape index (κ1) is 12.5. The van der Waals surface area contributed by atoms with Gasteiger partial charge in [0.2, 0.25) is 0 Å². The third kappa shape index (κ3) is 3.84. The summed E-state index contributed by atoms with van der Waals surface area (Å²) < 4.78 is 13.4. The van der Waals surface area contributed by atoms with Gasteiger partial charge >= 0.3 is 0 Å². The second kappa shape index (κ2) is 6.14. The summed E-state index contributed by atoms with van der Waals surface area (Å²) in [6, 6.07) is 4.74. The molecule has 0 N–H and O–H groups in total. The molecule has 0 fully saturated rings. The summed E-state index contributed by atoms with van der Waals surface area (Å²) in [5, 5.41) is 0.480. The van der Waals surface area contributed by atoms with Crippen molar-refractivity contribution in [1.29, 1.82) is 0 Å². The Bertz CT molecular complexity index is 338. The highest BCUT2D eigenvalue weighted by molar-refractivity contribution is 6.31. The van der Waals surface area contributed by atoms with Crippen LogP contribution in [0.5, 0.6) is 0 Å². The van der Waals surface area contributed by atoms with E-state index >= 15 is 0 Å². The molecule has 1 aromatic carbocycles. The number of benzene rings is 1. The smallest absolute Gasteiger partial charge is 0.128 e. The summed E-state index contributed by atoms with van der Waals surface area (Å²) in [5.41, 5.74) is 1.64. The summed E-state index contributed by atoms with van der Waals surface area (Å²) in [6.45, 7) is 1.95. The average molecular weight is 247 g/mol. The summed E-state index contributed by atoms with van der Waals surface area (Å²) in [7, 11) is 0. The maximum atomic E-state index is 13.4. The van der Waals surface area contributed by atoms with E-state index in [1.807, 2.05) is 13.0 Å². The lowest BCUT2D eigenvalue weighted by atomic mass is 10.1. The predicted octanol–water partition coefficient (Wildman–Crippen LogP) is 4.60. The van der Waals surface area contributed by atoms with Gasteiger partial charge in [0.05, 0.1) is 0 Å². The van der Waals surface area contributed by atoms with Gasteiger partial charge in [-0.15, -0.1) is 11.6 Å². The number of hydrogen-bond acceptors (Lipinski definition) is 0. The van der Waals surface area contributed by atoms with Crippen molar-refractivity contribution in [3.63, 3.8) is 0 Å². The molecule has 0 aliphatic carbocycles. The lowest BCUT2D eigenvalue weighted by Gasteiger charge is -2.05. The van der Waals surface area contributed by atoms with Crippen LogP contribution in [0.3, 0.4) is 0 Å². The molecule has 3 heteroatoms. The standard InChI is InChI=1S/C12H13Cl2F/c1-9(4-3-7-13)8-10-11(14)5-2-6-12(10)15/h2,4-6H,3,7-8H2,1H3. The van der Waals surface area contributed by atoms with Gasteiger partial charge < -0.3 is 0 Å². The van der Waals surface area contributed by atoms with E-state index in [0.29, 0.717) is 22.9 Å². The number of allylic oxidation sites excluding steroid dienone is 2. The van der Waals surface area contributed by atoms with Crippen LogP contribution in [0, 0.1) is 5.82 Å². The Labute approximate surface area is 99.7 Å². The van der Waals surface area contributed by atoms with Crippen molar-refractivity contribution in [2.75, 3.05) is 5.88 Å². The van der Waals surface area contributed by atoms with Gasteiger partial charge in [0.1, 0.15) is 5.82 Å². The van der Waals surface area contributed by atoms with Crippen LogP contribution in [0.25, 0.3) is 0 Å². The molecular weight excluding hydrogens is 234 g/mol. The number of hydrogen-bond donors (Lipinski definition) is 0. The quantitative estimate of drug-likeness (QED) is 0.539. The van der Waals surface area contributed by atoms with Gasteiger partial charge in [-0.1, -0.05) is 29.3 Å². The number of rotatable bonds is 4. The Hall–Kier alpha value is -0.530. The topological polar surface area (TPSA) is 0 Å². The molecule has 82 valence electrons.